The number of nitrogens with zero attached hydrogens (tertiary/aromatic N) is 1. The van der Waals surface area contributed by atoms with E-state index in [1.165, 1.54) is 6.07 Å². The number of rotatable bonds is 0. The third kappa shape index (κ3) is 1.99. The second kappa shape index (κ2) is 5.38. The molecule has 3 heterocycles. The molecule has 0 aromatic heterocycles. The van der Waals surface area contributed by atoms with Gasteiger partial charge in [0, 0.05) is 16.8 Å². The number of hydrogen-bond donors (Lipinski definition) is 2. The van der Waals surface area contributed by atoms with Crippen molar-refractivity contribution >= 4 is 23.2 Å². The minimum atomic E-state index is -1.46. The van der Waals surface area contributed by atoms with Crippen LogP contribution in [-0.4, -0.2) is 17.4 Å². The SMILES string of the molecule is C[C@H]1CC2(CCCC2)N2C(=O)[C@@]3(NC(=O)c4ccccc4N3)c3cc(F)cc1c32. The molecule has 2 atom stereocenters. The second-order valence-corrected chi connectivity index (χ2v) is 8.94. The Hall–Kier alpha value is -2.89. The number of nitrogens with one attached hydrogen (secondary N) is 2. The number of carbonyl (C=O) groups excluding carboxylic acids is 2. The molecule has 2 aromatic carbocycles. The maximum absolute atomic E-state index is 14.7. The van der Waals surface area contributed by atoms with Crippen molar-refractivity contribution in [2.45, 2.75) is 56.1 Å². The minimum absolute atomic E-state index is 0.156. The Morgan fingerprint density at radius 1 is 1.10 bits per heavy atom. The van der Waals surface area contributed by atoms with Crippen LogP contribution in [0.3, 0.4) is 0 Å². The van der Waals surface area contributed by atoms with Crippen molar-refractivity contribution in [3.63, 3.8) is 0 Å². The Bertz CT molecular complexity index is 1090. The molecule has 6 heteroatoms. The monoisotopic (exact) mass is 391 g/mol. The first-order valence-electron chi connectivity index (χ1n) is 10.3. The standard InChI is InChI=1S/C23H22FN3O2/c1-13-12-22(8-4-5-9-22)27-19-16(13)10-14(24)11-17(19)23(21(27)29)25-18-7-3-2-6-15(18)20(28)26-23/h2-3,6-7,10-11,13,25H,4-5,8-9,12H2,1H3,(H,26,28)/t13-,23-/m0/s1. The van der Waals surface area contributed by atoms with Crippen molar-refractivity contribution in [2.75, 3.05) is 10.2 Å². The van der Waals surface area contributed by atoms with Crippen molar-refractivity contribution in [3.05, 3.63) is 58.9 Å². The lowest BCUT2D eigenvalue weighted by molar-refractivity contribution is -0.124. The number of hydrogen-bond acceptors (Lipinski definition) is 3. The Kier molecular flexibility index (Phi) is 3.15. The first-order chi connectivity index (χ1) is 14.0. The van der Waals surface area contributed by atoms with E-state index in [0.717, 1.165) is 43.4 Å². The van der Waals surface area contributed by atoms with Crippen LogP contribution in [0.1, 0.15) is 66.4 Å². The third-order valence-corrected chi connectivity index (χ3v) is 7.28. The summed E-state index contributed by atoms with van der Waals surface area (Å²) in [7, 11) is 0. The van der Waals surface area contributed by atoms with Gasteiger partial charge in [0.05, 0.1) is 11.3 Å². The molecule has 2 spiro atoms. The van der Waals surface area contributed by atoms with Crippen molar-refractivity contribution in [2.24, 2.45) is 0 Å². The molecule has 29 heavy (non-hydrogen) atoms. The van der Waals surface area contributed by atoms with Gasteiger partial charge in [-0.15, -0.1) is 0 Å². The summed E-state index contributed by atoms with van der Waals surface area (Å²) >= 11 is 0. The number of para-hydroxylation sites is 1. The van der Waals surface area contributed by atoms with E-state index in [1.54, 1.807) is 24.3 Å². The van der Waals surface area contributed by atoms with Crippen molar-refractivity contribution in [1.29, 1.82) is 0 Å². The quantitative estimate of drug-likeness (QED) is 0.714. The summed E-state index contributed by atoms with van der Waals surface area (Å²) in [6, 6.07) is 10.1. The molecule has 6 rings (SSSR count). The van der Waals surface area contributed by atoms with E-state index in [-0.39, 0.29) is 29.1 Å². The zero-order chi connectivity index (χ0) is 20.0. The molecule has 4 aliphatic rings. The fraction of sp³-hybridized carbons (Fsp3) is 0.391. The molecule has 148 valence electrons. The average Bonchev–Trinajstić information content (AvgIpc) is 3.24. The van der Waals surface area contributed by atoms with E-state index in [0.29, 0.717) is 16.8 Å². The zero-order valence-corrected chi connectivity index (χ0v) is 16.2. The van der Waals surface area contributed by atoms with Gasteiger partial charge in [0.15, 0.2) is 0 Å². The van der Waals surface area contributed by atoms with E-state index >= 15 is 0 Å². The molecule has 1 aliphatic carbocycles. The Labute approximate surface area is 168 Å². The predicted octanol–water partition coefficient (Wildman–Crippen LogP) is 4.00. The normalized spacial score (nSPS) is 28.3. The molecule has 2 aromatic rings. The molecular formula is C23H22FN3O2. The molecule has 2 N–H and O–H groups in total. The topological polar surface area (TPSA) is 61.4 Å². The van der Waals surface area contributed by atoms with Crippen molar-refractivity contribution < 1.29 is 14.0 Å². The van der Waals surface area contributed by atoms with Crippen LogP contribution in [0.4, 0.5) is 15.8 Å². The average molecular weight is 391 g/mol. The highest BCUT2D eigenvalue weighted by Crippen LogP contribution is 2.58. The highest BCUT2D eigenvalue weighted by Gasteiger charge is 2.62. The lowest BCUT2D eigenvalue weighted by Gasteiger charge is -2.46. The summed E-state index contributed by atoms with van der Waals surface area (Å²) in [5.41, 5.74) is 1.55. The number of benzene rings is 2. The summed E-state index contributed by atoms with van der Waals surface area (Å²) in [5, 5.41) is 6.20. The highest BCUT2D eigenvalue weighted by atomic mass is 19.1. The fourth-order valence-electron chi connectivity index (χ4n) is 6.10. The molecule has 3 aliphatic heterocycles. The van der Waals surface area contributed by atoms with Crippen LogP contribution < -0.4 is 15.5 Å². The number of halogens is 1. The first kappa shape index (κ1) is 17.0. The van der Waals surface area contributed by atoms with Gasteiger partial charge in [-0.3, -0.25) is 9.59 Å². The summed E-state index contributed by atoms with van der Waals surface area (Å²) < 4.78 is 14.7. The lowest BCUT2D eigenvalue weighted by atomic mass is 9.77. The Morgan fingerprint density at radius 2 is 1.86 bits per heavy atom. The minimum Gasteiger partial charge on any atom is -0.350 e. The number of anilines is 2. The van der Waals surface area contributed by atoms with Crippen LogP contribution in [0.15, 0.2) is 36.4 Å². The van der Waals surface area contributed by atoms with Gasteiger partial charge in [-0.2, -0.15) is 0 Å². The maximum Gasteiger partial charge on any atom is 0.279 e. The maximum atomic E-state index is 14.7. The molecule has 2 amide bonds. The molecular weight excluding hydrogens is 369 g/mol. The van der Waals surface area contributed by atoms with E-state index in [2.05, 4.69) is 17.6 Å². The Balaban J connectivity index is 1.62. The van der Waals surface area contributed by atoms with Gasteiger partial charge in [-0.05, 0) is 55.0 Å². The number of amides is 2. The Morgan fingerprint density at radius 3 is 2.66 bits per heavy atom. The van der Waals surface area contributed by atoms with E-state index in [1.807, 2.05) is 11.0 Å². The van der Waals surface area contributed by atoms with Crippen LogP contribution in [0.5, 0.6) is 0 Å². The zero-order valence-electron chi connectivity index (χ0n) is 16.2. The van der Waals surface area contributed by atoms with E-state index < -0.39 is 5.66 Å². The lowest BCUT2D eigenvalue weighted by Crippen LogP contribution is -2.63. The highest BCUT2D eigenvalue weighted by molar-refractivity contribution is 6.16. The van der Waals surface area contributed by atoms with Crippen LogP contribution in [-0.2, 0) is 10.5 Å². The van der Waals surface area contributed by atoms with Crippen LogP contribution in [0, 0.1) is 5.82 Å². The fourth-order valence-corrected chi connectivity index (χ4v) is 6.10. The van der Waals surface area contributed by atoms with Gasteiger partial charge in [0.1, 0.15) is 5.82 Å². The summed E-state index contributed by atoms with van der Waals surface area (Å²) in [6.07, 6.45) is 4.88. The number of carbonyl (C=O) groups is 2. The summed E-state index contributed by atoms with van der Waals surface area (Å²) in [5.74, 6) is -0.740. The largest absolute Gasteiger partial charge is 0.350 e. The second-order valence-electron chi connectivity index (χ2n) is 8.94. The van der Waals surface area contributed by atoms with Crippen LogP contribution in [0.2, 0.25) is 0 Å². The summed E-state index contributed by atoms with van der Waals surface area (Å²) in [6.45, 7) is 2.12. The van der Waals surface area contributed by atoms with Gasteiger partial charge in [0.25, 0.3) is 11.8 Å². The molecule has 1 saturated carbocycles. The van der Waals surface area contributed by atoms with Gasteiger partial charge in [-0.25, -0.2) is 4.39 Å². The third-order valence-electron chi connectivity index (χ3n) is 7.28. The molecule has 0 bridgehead atoms. The van der Waals surface area contributed by atoms with Crippen LogP contribution >= 0.6 is 0 Å². The van der Waals surface area contributed by atoms with E-state index in [9.17, 15) is 14.0 Å². The van der Waals surface area contributed by atoms with Gasteiger partial charge in [0.2, 0.25) is 5.66 Å². The molecule has 0 radical (unpaired) electrons. The molecule has 1 fully saturated rings. The molecule has 0 saturated heterocycles. The molecule has 5 nitrogen and oxygen atoms in total. The molecule has 0 unspecified atom stereocenters. The summed E-state index contributed by atoms with van der Waals surface area (Å²) in [4.78, 5) is 28.9. The van der Waals surface area contributed by atoms with Crippen LogP contribution in [0.25, 0.3) is 0 Å². The smallest absolute Gasteiger partial charge is 0.279 e. The van der Waals surface area contributed by atoms with E-state index in [4.69, 9.17) is 0 Å². The van der Waals surface area contributed by atoms with Gasteiger partial charge in [-0.1, -0.05) is 31.9 Å². The van der Waals surface area contributed by atoms with Crippen molar-refractivity contribution in [3.8, 4) is 0 Å². The van der Waals surface area contributed by atoms with Gasteiger partial charge < -0.3 is 15.5 Å². The first-order valence-corrected chi connectivity index (χ1v) is 10.3. The van der Waals surface area contributed by atoms with Crippen molar-refractivity contribution in [1.82, 2.24) is 5.32 Å². The van der Waals surface area contributed by atoms with Gasteiger partial charge >= 0.3 is 0 Å². The number of fused-ring (bicyclic) bond motifs is 3. The predicted molar refractivity (Wildman–Crippen MR) is 107 cm³/mol.